The smallest absolute Gasteiger partial charge is 0.214 e. The first-order valence-electron chi connectivity index (χ1n) is 6.12. The summed E-state index contributed by atoms with van der Waals surface area (Å²) >= 11 is 1.63. The summed E-state index contributed by atoms with van der Waals surface area (Å²) in [7, 11) is 0. The molecule has 2 aromatic rings. The molecule has 0 aliphatic heterocycles. The zero-order valence-electron chi connectivity index (χ0n) is 9.99. The summed E-state index contributed by atoms with van der Waals surface area (Å²) in [5.74, 6) is 0. The Bertz CT molecular complexity index is 535. The number of tetrazole rings is 1. The van der Waals surface area contributed by atoms with Gasteiger partial charge in [0, 0.05) is 4.90 Å². The maximum absolute atomic E-state index is 5.64. The van der Waals surface area contributed by atoms with Crippen LogP contribution in [0.4, 0.5) is 0 Å². The van der Waals surface area contributed by atoms with Crippen LogP contribution < -0.4 is 5.73 Å². The van der Waals surface area contributed by atoms with E-state index < -0.39 is 0 Å². The monoisotopic (exact) mass is 261 g/mol. The molecule has 1 saturated carbocycles. The fraction of sp³-hybridized carbons (Fsp3) is 0.417. The van der Waals surface area contributed by atoms with E-state index in [0.29, 0.717) is 12.6 Å². The van der Waals surface area contributed by atoms with E-state index in [1.807, 2.05) is 16.8 Å². The van der Waals surface area contributed by atoms with Crippen LogP contribution in [0, 0.1) is 0 Å². The Morgan fingerprint density at radius 1 is 1.33 bits per heavy atom. The second kappa shape index (κ2) is 5.07. The molecule has 6 heteroatoms. The molecule has 0 unspecified atom stereocenters. The zero-order valence-corrected chi connectivity index (χ0v) is 10.8. The molecule has 18 heavy (non-hydrogen) atoms. The fourth-order valence-electron chi connectivity index (χ4n) is 1.86. The van der Waals surface area contributed by atoms with Crippen molar-refractivity contribution in [2.45, 2.75) is 35.4 Å². The van der Waals surface area contributed by atoms with Crippen LogP contribution in [0.3, 0.4) is 0 Å². The Morgan fingerprint density at radius 2 is 2.17 bits per heavy atom. The van der Waals surface area contributed by atoms with Crippen molar-refractivity contribution in [3.63, 3.8) is 0 Å². The maximum Gasteiger partial charge on any atom is 0.214 e. The van der Waals surface area contributed by atoms with Gasteiger partial charge in [0.05, 0.1) is 6.04 Å². The van der Waals surface area contributed by atoms with Gasteiger partial charge in [-0.2, -0.15) is 0 Å². The molecule has 1 aliphatic rings. The number of benzene rings is 1. The number of nitrogens with zero attached hydrogens (tertiary/aromatic N) is 4. The second-order valence-corrected chi connectivity index (χ2v) is 5.39. The molecule has 1 aromatic heterocycles. The van der Waals surface area contributed by atoms with E-state index in [9.17, 15) is 0 Å². The van der Waals surface area contributed by atoms with E-state index >= 15 is 0 Å². The van der Waals surface area contributed by atoms with Gasteiger partial charge in [0.2, 0.25) is 5.16 Å². The number of aromatic nitrogens is 4. The van der Waals surface area contributed by atoms with Crippen LogP contribution in [0.1, 0.15) is 24.4 Å². The molecule has 0 bridgehead atoms. The number of rotatable bonds is 5. The standard InChI is InChI=1S/C12H15N5S/c13-8-7-9-3-1-2-4-11(9)18-12-14-15-16-17(12)10-5-6-10/h1-4,10H,5-8,13H2. The van der Waals surface area contributed by atoms with Crippen LogP contribution in [0.2, 0.25) is 0 Å². The molecule has 3 rings (SSSR count). The normalized spacial score (nSPS) is 14.9. The molecule has 0 radical (unpaired) electrons. The van der Waals surface area contributed by atoms with Crippen molar-refractivity contribution < 1.29 is 0 Å². The van der Waals surface area contributed by atoms with Crippen molar-refractivity contribution in [3.05, 3.63) is 29.8 Å². The average molecular weight is 261 g/mol. The minimum Gasteiger partial charge on any atom is -0.330 e. The van der Waals surface area contributed by atoms with E-state index in [1.165, 1.54) is 23.3 Å². The molecular weight excluding hydrogens is 246 g/mol. The molecule has 1 aliphatic carbocycles. The first-order valence-corrected chi connectivity index (χ1v) is 6.94. The minimum absolute atomic E-state index is 0.504. The molecule has 5 nitrogen and oxygen atoms in total. The van der Waals surface area contributed by atoms with Crippen LogP contribution >= 0.6 is 11.8 Å². The lowest BCUT2D eigenvalue weighted by Crippen LogP contribution is -2.04. The molecule has 0 amide bonds. The van der Waals surface area contributed by atoms with Gasteiger partial charge < -0.3 is 5.73 Å². The van der Waals surface area contributed by atoms with Gasteiger partial charge in [-0.3, -0.25) is 0 Å². The third kappa shape index (κ3) is 2.39. The molecule has 1 heterocycles. The van der Waals surface area contributed by atoms with E-state index in [2.05, 4.69) is 27.7 Å². The van der Waals surface area contributed by atoms with Crippen LogP contribution in [0.5, 0.6) is 0 Å². The van der Waals surface area contributed by atoms with E-state index in [1.54, 1.807) is 11.8 Å². The van der Waals surface area contributed by atoms with Gasteiger partial charge in [-0.25, -0.2) is 4.68 Å². The largest absolute Gasteiger partial charge is 0.330 e. The van der Waals surface area contributed by atoms with Gasteiger partial charge in [-0.05, 0) is 59.6 Å². The third-order valence-corrected chi connectivity index (χ3v) is 4.01. The second-order valence-electron chi connectivity index (χ2n) is 4.39. The summed E-state index contributed by atoms with van der Waals surface area (Å²) in [6.07, 6.45) is 3.25. The van der Waals surface area contributed by atoms with Crippen molar-refractivity contribution in [2.75, 3.05) is 6.54 Å². The highest BCUT2D eigenvalue weighted by Crippen LogP contribution is 2.38. The predicted molar refractivity (Wildman–Crippen MR) is 69.4 cm³/mol. The summed E-state index contributed by atoms with van der Waals surface area (Å²) in [4.78, 5) is 1.19. The van der Waals surface area contributed by atoms with Crippen molar-refractivity contribution >= 4 is 11.8 Å². The lowest BCUT2D eigenvalue weighted by atomic mass is 10.1. The summed E-state index contributed by atoms with van der Waals surface area (Å²) in [6, 6.07) is 8.79. The first-order chi connectivity index (χ1) is 8.88. The molecule has 0 spiro atoms. The van der Waals surface area contributed by atoms with Crippen molar-refractivity contribution in [2.24, 2.45) is 5.73 Å². The maximum atomic E-state index is 5.64. The number of hydrogen-bond acceptors (Lipinski definition) is 5. The fourth-order valence-corrected chi connectivity index (χ4v) is 2.87. The molecule has 0 saturated heterocycles. The highest BCUT2D eigenvalue weighted by Gasteiger charge is 2.28. The summed E-state index contributed by atoms with van der Waals surface area (Å²) in [6.45, 7) is 0.658. The molecule has 94 valence electrons. The summed E-state index contributed by atoms with van der Waals surface area (Å²) in [5, 5.41) is 12.8. The van der Waals surface area contributed by atoms with Crippen molar-refractivity contribution in [1.29, 1.82) is 0 Å². The lowest BCUT2D eigenvalue weighted by molar-refractivity contribution is 0.565. The number of nitrogens with two attached hydrogens (primary N) is 1. The van der Waals surface area contributed by atoms with Crippen LogP contribution in [-0.4, -0.2) is 26.8 Å². The van der Waals surface area contributed by atoms with Crippen LogP contribution in [0.15, 0.2) is 34.3 Å². The summed E-state index contributed by atoms with van der Waals surface area (Å²) in [5.41, 5.74) is 6.90. The Hall–Kier alpha value is -1.40. The summed E-state index contributed by atoms with van der Waals surface area (Å²) < 4.78 is 1.93. The lowest BCUT2D eigenvalue weighted by Gasteiger charge is -2.07. The molecule has 1 fully saturated rings. The number of hydrogen-bond donors (Lipinski definition) is 1. The Kier molecular flexibility index (Phi) is 3.29. The van der Waals surface area contributed by atoms with Crippen LogP contribution in [0.25, 0.3) is 0 Å². The molecule has 0 atom stereocenters. The molecule has 1 aromatic carbocycles. The average Bonchev–Trinajstić information content (AvgIpc) is 3.13. The Morgan fingerprint density at radius 3 is 2.94 bits per heavy atom. The van der Waals surface area contributed by atoms with Crippen molar-refractivity contribution in [1.82, 2.24) is 20.2 Å². The highest BCUT2D eigenvalue weighted by atomic mass is 32.2. The van der Waals surface area contributed by atoms with Gasteiger partial charge in [-0.1, -0.05) is 18.2 Å². The highest BCUT2D eigenvalue weighted by molar-refractivity contribution is 7.99. The van der Waals surface area contributed by atoms with E-state index in [-0.39, 0.29) is 0 Å². The molecular formula is C12H15N5S. The Labute approximate surface area is 110 Å². The predicted octanol–water partition coefficient (Wildman–Crippen LogP) is 1.66. The first kappa shape index (κ1) is 11.7. The van der Waals surface area contributed by atoms with Gasteiger partial charge in [0.1, 0.15) is 0 Å². The minimum atomic E-state index is 0.504. The zero-order chi connectivity index (χ0) is 12.4. The van der Waals surface area contributed by atoms with Gasteiger partial charge in [-0.15, -0.1) is 5.10 Å². The van der Waals surface area contributed by atoms with Crippen LogP contribution in [-0.2, 0) is 6.42 Å². The van der Waals surface area contributed by atoms with E-state index in [0.717, 1.165) is 11.6 Å². The molecule has 2 N–H and O–H groups in total. The van der Waals surface area contributed by atoms with Gasteiger partial charge >= 0.3 is 0 Å². The topological polar surface area (TPSA) is 69.6 Å². The van der Waals surface area contributed by atoms with Crippen molar-refractivity contribution in [3.8, 4) is 0 Å². The Balaban J connectivity index is 1.85. The quantitative estimate of drug-likeness (QED) is 0.886. The third-order valence-electron chi connectivity index (χ3n) is 2.94. The SMILES string of the molecule is NCCc1ccccc1Sc1nnnn1C1CC1. The van der Waals surface area contributed by atoms with E-state index in [4.69, 9.17) is 5.73 Å². The van der Waals surface area contributed by atoms with Gasteiger partial charge in [0.25, 0.3) is 0 Å². The van der Waals surface area contributed by atoms with Gasteiger partial charge in [0.15, 0.2) is 0 Å².